The quantitative estimate of drug-likeness (QED) is 0.485. The highest BCUT2D eigenvalue weighted by Crippen LogP contribution is 2.31. The van der Waals surface area contributed by atoms with E-state index in [0.29, 0.717) is 30.0 Å². The van der Waals surface area contributed by atoms with Crippen LogP contribution in [0.2, 0.25) is 0 Å². The number of benzene rings is 2. The summed E-state index contributed by atoms with van der Waals surface area (Å²) in [5.74, 6) is -1.59. The molecule has 1 aromatic heterocycles. The number of hydrogen-bond donors (Lipinski definition) is 3. The van der Waals surface area contributed by atoms with Crippen molar-refractivity contribution in [1.82, 2.24) is 10.3 Å². The first kappa shape index (κ1) is 22.0. The van der Waals surface area contributed by atoms with E-state index in [2.05, 4.69) is 33.8 Å². The van der Waals surface area contributed by atoms with E-state index in [4.69, 9.17) is 0 Å². The fourth-order valence-electron chi connectivity index (χ4n) is 4.34. The molecular weight excluding hydrogens is 405 g/mol. The zero-order valence-electron chi connectivity index (χ0n) is 18.1. The third-order valence-corrected chi connectivity index (χ3v) is 6.23. The molecular formula is C26H28FN3O2. The largest absolute Gasteiger partial charge is 0.481 e. The van der Waals surface area contributed by atoms with Crippen LogP contribution in [0, 0.1) is 11.7 Å². The number of carboxylic acid groups (broad SMARTS) is 1. The van der Waals surface area contributed by atoms with Crippen molar-refractivity contribution in [2.75, 3.05) is 18.4 Å². The molecule has 0 spiro atoms. The third kappa shape index (κ3) is 4.97. The molecule has 0 saturated heterocycles. The number of rotatable bonds is 8. The van der Waals surface area contributed by atoms with Gasteiger partial charge in [-0.2, -0.15) is 0 Å². The molecule has 3 N–H and O–H groups in total. The smallest absolute Gasteiger partial charge is 0.310 e. The number of carbonyl (C=O) groups is 1. The maximum absolute atomic E-state index is 14.4. The average Bonchev–Trinajstić information content (AvgIpc) is 2.82. The summed E-state index contributed by atoms with van der Waals surface area (Å²) in [4.78, 5) is 15.8. The highest BCUT2D eigenvalue weighted by Gasteiger charge is 2.27. The number of pyridine rings is 1. The first-order valence-electron chi connectivity index (χ1n) is 11.0. The lowest BCUT2D eigenvalue weighted by Crippen LogP contribution is -2.37. The van der Waals surface area contributed by atoms with Crippen LogP contribution in [0.15, 0.2) is 66.9 Å². The number of nitrogens with one attached hydrogen (secondary N) is 2. The van der Waals surface area contributed by atoms with Gasteiger partial charge in [-0.25, -0.2) is 4.39 Å². The first-order valence-corrected chi connectivity index (χ1v) is 11.0. The second-order valence-corrected chi connectivity index (χ2v) is 8.35. The normalized spacial score (nSPS) is 17.1. The Morgan fingerprint density at radius 3 is 2.78 bits per heavy atom. The van der Waals surface area contributed by atoms with Gasteiger partial charge in [0.05, 0.1) is 17.3 Å². The number of hydrogen-bond acceptors (Lipinski definition) is 4. The molecule has 0 fully saturated rings. The van der Waals surface area contributed by atoms with E-state index in [1.54, 1.807) is 19.1 Å². The van der Waals surface area contributed by atoms with Crippen LogP contribution >= 0.6 is 0 Å². The molecule has 5 nitrogen and oxygen atoms in total. The summed E-state index contributed by atoms with van der Waals surface area (Å²) in [7, 11) is 0. The SMILES string of the molecule is C[C@@H](C(=O)O)c1ccc(F)c(CCN[C@H](c2ccccc2)[C@H]2CNc3cccnc3C2)c1. The van der Waals surface area contributed by atoms with Gasteiger partial charge in [0, 0.05) is 24.7 Å². The van der Waals surface area contributed by atoms with Gasteiger partial charge < -0.3 is 15.7 Å². The van der Waals surface area contributed by atoms with Crippen LogP contribution in [-0.4, -0.2) is 29.1 Å². The van der Waals surface area contributed by atoms with Gasteiger partial charge >= 0.3 is 5.97 Å². The molecule has 0 aliphatic carbocycles. The molecule has 4 rings (SSSR count). The summed E-state index contributed by atoms with van der Waals surface area (Å²) >= 11 is 0. The van der Waals surface area contributed by atoms with Gasteiger partial charge in [-0.05, 0) is 61.2 Å². The summed E-state index contributed by atoms with van der Waals surface area (Å²) < 4.78 is 14.4. The minimum Gasteiger partial charge on any atom is -0.481 e. The second kappa shape index (κ2) is 9.92. The molecule has 0 amide bonds. The third-order valence-electron chi connectivity index (χ3n) is 6.23. The lowest BCUT2D eigenvalue weighted by atomic mass is 9.86. The number of anilines is 1. The molecule has 6 heteroatoms. The van der Waals surface area contributed by atoms with Crippen LogP contribution in [0.1, 0.15) is 41.3 Å². The first-order chi connectivity index (χ1) is 15.5. The van der Waals surface area contributed by atoms with Gasteiger partial charge in [-0.15, -0.1) is 0 Å². The van der Waals surface area contributed by atoms with Crippen LogP contribution in [-0.2, 0) is 17.6 Å². The van der Waals surface area contributed by atoms with Gasteiger partial charge in [-0.3, -0.25) is 9.78 Å². The van der Waals surface area contributed by atoms with E-state index in [-0.39, 0.29) is 11.9 Å². The zero-order valence-corrected chi connectivity index (χ0v) is 18.1. The second-order valence-electron chi connectivity index (χ2n) is 8.35. The van der Waals surface area contributed by atoms with Crippen molar-refractivity contribution in [1.29, 1.82) is 0 Å². The Hall–Kier alpha value is -3.25. The van der Waals surface area contributed by atoms with Gasteiger partial charge in [0.25, 0.3) is 0 Å². The van der Waals surface area contributed by atoms with Crippen molar-refractivity contribution >= 4 is 11.7 Å². The Labute approximate surface area is 187 Å². The van der Waals surface area contributed by atoms with Crippen LogP contribution in [0.5, 0.6) is 0 Å². The van der Waals surface area contributed by atoms with E-state index in [1.807, 2.05) is 30.5 Å². The molecule has 0 radical (unpaired) electrons. The lowest BCUT2D eigenvalue weighted by Gasteiger charge is -2.33. The average molecular weight is 434 g/mol. The Balaban J connectivity index is 1.49. The molecule has 1 aliphatic rings. The van der Waals surface area contributed by atoms with Crippen molar-refractivity contribution in [3.05, 3.63) is 95.1 Å². The minimum absolute atomic E-state index is 0.0862. The highest BCUT2D eigenvalue weighted by molar-refractivity contribution is 5.75. The number of nitrogens with zero attached hydrogens (tertiary/aromatic N) is 1. The molecule has 1 aliphatic heterocycles. The number of aromatic nitrogens is 1. The molecule has 3 atom stereocenters. The topological polar surface area (TPSA) is 74.2 Å². The molecule has 166 valence electrons. The lowest BCUT2D eigenvalue weighted by molar-refractivity contribution is -0.138. The van der Waals surface area contributed by atoms with Crippen molar-refractivity contribution in [2.45, 2.75) is 31.7 Å². The summed E-state index contributed by atoms with van der Waals surface area (Å²) in [6.07, 6.45) is 3.15. The van der Waals surface area contributed by atoms with Gasteiger partial charge in [0.1, 0.15) is 5.82 Å². The summed E-state index contributed by atoms with van der Waals surface area (Å²) in [5, 5.41) is 16.4. The van der Waals surface area contributed by atoms with Crippen molar-refractivity contribution in [2.24, 2.45) is 5.92 Å². The van der Waals surface area contributed by atoms with Crippen molar-refractivity contribution in [3.63, 3.8) is 0 Å². The molecule has 32 heavy (non-hydrogen) atoms. The number of carboxylic acids is 1. The van der Waals surface area contributed by atoms with Crippen molar-refractivity contribution in [3.8, 4) is 0 Å². The molecule has 0 bridgehead atoms. The van der Waals surface area contributed by atoms with Crippen molar-refractivity contribution < 1.29 is 14.3 Å². The molecule has 0 saturated carbocycles. The Morgan fingerprint density at radius 2 is 2.00 bits per heavy atom. The van der Waals surface area contributed by atoms with Gasteiger partial charge in [0.2, 0.25) is 0 Å². The Kier molecular flexibility index (Phi) is 6.81. The standard InChI is InChI=1S/C26H28FN3O2/c1-17(26(31)32)19-9-10-22(27)20(14-19)11-13-29-25(18-6-3-2-4-7-18)21-15-24-23(30-16-21)8-5-12-28-24/h2-10,12,14,17,21,25,29-30H,11,13,15-16H2,1H3,(H,31,32)/t17-,21-,25-/m1/s1. The van der Waals surface area contributed by atoms with E-state index in [9.17, 15) is 14.3 Å². The number of fused-ring (bicyclic) bond motifs is 1. The predicted octanol–water partition coefficient (Wildman–Crippen LogP) is 4.57. The van der Waals surface area contributed by atoms with E-state index in [1.165, 1.54) is 11.6 Å². The van der Waals surface area contributed by atoms with E-state index in [0.717, 1.165) is 24.3 Å². The molecule has 2 heterocycles. The zero-order chi connectivity index (χ0) is 22.5. The summed E-state index contributed by atoms with van der Waals surface area (Å²) in [6.45, 7) is 3.02. The highest BCUT2D eigenvalue weighted by atomic mass is 19.1. The monoisotopic (exact) mass is 433 g/mol. The summed E-state index contributed by atoms with van der Waals surface area (Å²) in [5.41, 5.74) is 4.48. The fourth-order valence-corrected chi connectivity index (χ4v) is 4.34. The minimum atomic E-state index is -0.913. The van der Waals surface area contributed by atoms with E-state index >= 15 is 0 Å². The van der Waals surface area contributed by atoms with E-state index < -0.39 is 11.9 Å². The van der Waals surface area contributed by atoms with Crippen LogP contribution in [0.25, 0.3) is 0 Å². The molecule has 0 unspecified atom stereocenters. The Morgan fingerprint density at radius 1 is 1.19 bits per heavy atom. The maximum atomic E-state index is 14.4. The predicted molar refractivity (Wildman–Crippen MR) is 123 cm³/mol. The number of aliphatic carboxylic acids is 1. The number of halogens is 1. The van der Waals surface area contributed by atoms with Crippen LogP contribution < -0.4 is 10.6 Å². The van der Waals surface area contributed by atoms with Gasteiger partial charge in [0.15, 0.2) is 0 Å². The van der Waals surface area contributed by atoms with Crippen LogP contribution in [0.4, 0.5) is 10.1 Å². The molecule has 3 aromatic rings. The fraction of sp³-hybridized carbons (Fsp3) is 0.308. The summed E-state index contributed by atoms with van der Waals surface area (Å²) in [6, 6.07) is 19.0. The molecule has 2 aromatic carbocycles. The van der Waals surface area contributed by atoms with Crippen LogP contribution in [0.3, 0.4) is 0 Å². The van der Waals surface area contributed by atoms with Gasteiger partial charge in [-0.1, -0.05) is 42.5 Å². The Bertz CT molecular complexity index is 1070. The maximum Gasteiger partial charge on any atom is 0.310 e.